The molecule has 0 aliphatic heterocycles. The zero-order valence-electron chi connectivity index (χ0n) is 10.6. The van der Waals surface area contributed by atoms with Gasteiger partial charge in [0.2, 0.25) is 0 Å². The molecule has 1 heteroatoms. The Kier molecular flexibility index (Phi) is 5.24. The minimum Gasteiger partial charge on any atom is -0.303 e. The smallest absolute Gasteiger partial charge is 0.127 e. The number of benzene rings is 1. The molecule has 0 aliphatic carbocycles. The van der Waals surface area contributed by atoms with E-state index in [1.54, 1.807) is 0 Å². The summed E-state index contributed by atoms with van der Waals surface area (Å²) in [5, 5.41) is 0. The van der Waals surface area contributed by atoms with Gasteiger partial charge in [-0.15, -0.1) is 0 Å². The molecule has 0 heterocycles. The maximum absolute atomic E-state index is 11.2. The van der Waals surface area contributed by atoms with Crippen LogP contribution in [0.15, 0.2) is 24.3 Å². The molecule has 0 fully saturated rings. The van der Waals surface area contributed by atoms with Crippen LogP contribution in [0.5, 0.6) is 0 Å². The SMILES string of the molecule is CCCC(C)C(C=O)c1ccc(CC)cc1. The fourth-order valence-electron chi connectivity index (χ4n) is 2.15. The monoisotopic (exact) mass is 218 g/mol. The summed E-state index contributed by atoms with van der Waals surface area (Å²) in [6.07, 6.45) is 4.40. The van der Waals surface area contributed by atoms with Crippen LogP contribution in [0.1, 0.15) is 50.7 Å². The highest BCUT2D eigenvalue weighted by Gasteiger charge is 2.17. The Hall–Kier alpha value is -1.11. The molecule has 0 aromatic heterocycles. The van der Waals surface area contributed by atoms with Gasteiger partial charge in [0.1, 0.15) is 6.29 Å². The maximum Gasteiger partial charge on any atom is 0.127 e. The van der Waals surface area contributed by atoms with E-state index in [0.29, 0.717) is 5.92 Å². The van der Waals surface area contributed by atoms with Crippen LogP contribution >= 0.6 is 0 Å². The molecule has 88 valence electrons. The van der Waals surface area contributed by atoms with Crippen LogP contribution in [0.2, 0.25) is 0 Å². The van der Waals surface area contributed by atoms with Crippen molar-refractivity contribution in [3.8, 4) is 0 Å². The zero-order chi connectivity index (χ0) is 12.0. The maximum atomic E-state index is 11.2. The van der Waals surface area contributed by atoms with Gasteiger partial charge in [0, 0.05) is 5.92 Å². The molecular formula is C15H22O. The highest BCUT2D eigenvalue weighted by Crippen LogP contribution is 2.26. The molecule has 1 aromatic carbocycles. The fourth-order valence-corrected chi connectivity index (χ4v) is 2.15. The van der Waals surface area contributed by atoms with Crippen molar-refractivity contribution in [2.45, 2.75) is 46.0 Å². The third-order valence-electron chi connectivity index (χ3n) is 3.28. The Balaban J connectivity index is 2.82. The lowest BCUT2D eigenvalue weighted by molar-refractivity contribution is -0.110. The van der Waals surface area contributed by atoms with Gasteiger partial charge in [-0.2, -0.15) is 0 Å². The van der Waals surface area contributed by atoms with Crippen LogP contribution in [0.4, 0.5) is 0 Å². The number of carbonyl (C=O) groups is 1. The van der Waals surface area contributed by atoms with Crippen molar-refractivity contribution in [2.75, 3.05) is 0 Å². The zero-order valence-corrected chi connectivity index (χ0v) is 10.6. The Morgan fingerprint density at radius 2 is 1.81 bits per heavy atom. The van der Waals surface area contributed by atoms with Crippen molar-refractivity contribution < 1.29 is 4.79 Å². The molecule has 0 amide bonds. The van der Waals surface area contributed by atoms with Gasteiger partial charge in [-0.1, -0.05) is 51.5 Å². The summed E-state index contributed by atoms with van der Waals surface area (Å²) in [5.74, 6) is 0.501. The lowest BCUT2D eigenvalue weighted by Crippen LogP contribution is -2.11. The van der Waals surface area contributed by atoms with Crippen molar-refractivity contribution in [3.05, 3.63) is 35.4 Å². The summed E-state index contributed by atoms with van der Waals surface area (Å²) < 4.78 is 0. The van der Waals surface area contributed by atoms with E-state index in [1.165, 1.54) is 5.56 Å². The second-order valence-corrected chi connectivity index (χ2v) is 4.52. The fraction of sp³-hybridized carbons (Fsp3) is 0.533. The number of rotatable bonds is 6. The lowest BCUT2D eigenvalue weighted by atomic mass is 9.85. The van der Waals surface area contributed by atoms with Crippen LogP contribution in [0, 0.1) is 5.92 Å². The first-order valence-electron chi connectivity index (χ1n) is 6.27. The predicted octanol–water partition coefficient (Wildman–Crippen LogP) is 3.97. The lowest BCUT2D eigenvalue weighted by Gasteiger charge is -2.18. The minimum atomic E-state index is 0.0610. The second kappa shape index (κ2) is 6.47. The number of hydrogen-bond donors (Lipinski definition) is 0. The number of hydrogen-bond acceptors (Lipinski definition) is 1. The van der Waals surface area contributed by atoms with Gasteiger partial charge in [-0.05, 0) is 29.9 Å². The van der Waals surface area contributed by atoms with E-state index < -0.39 is 0 Å². The summed E-state index contributed by atoms with van der Waals surface area (Å²) in [7, 11) is 0. The molecule has 1 nitrogen and oxygen atoms in total. The van der Waals surface area contributed by atoms with Crippen molar-refractivity contribution in [3.63, 3.8) is 0 Å². The number of aryl methyl sites for hydroxylation is 1. The molecule has 16 heavy (non-hydrogen) atoms. The van der Waals surface area contributed by atoms with Gasteiger partial charge in [0.25, 0.3) is 0 Å². The summed E-state index contributed by atoms with van der Waals surface area (Å²) in [6.45, 7) is 6.47. The van der Waals surface area contributed by atoms with Crippen molar-refractivity contribution in [1.29, 1.82) is 0 Å². The third kappa shape index (κ3) is 3.19. The van der Waals surface area contributed by atoms with E-state index in [1.807, 2.05) is 0 Å². The molecule has 0 saturated carbocycles. The Morgan fingerprint density at radius 1 is 1.19 bits per heavy atom. The third-order valence-corrected chi connectivity index (χ3v) is 3.28. The molecule has 0 saturated heterocycles. The van der Waals surface area contributed by atoms with Gasteiger partial charge < -0.3 is 4.79 Å². The van der Waals surface area contributed by atoms with Gasteiger partial charge in [-0.25, -0.2) is 0 Å². The van der Waals surface area contributed by atoms with E-state index >= 15 is 0 Å². The first kappa shape index (κ1) is 13.0. The molecule has 0 radical (unpaired) electrons. The van der Waals surface area contributed by atoms with E-state index in [0.717, 1.165) is 31.1 Å². The van der Waals surface area contributed by atoms with Gasteiger partial charge in [0.05, 0.1) is 0 Å². The summed E-state index contributed by atoms with van der Waals surface area (Å²) in [4.78, 5) is 11.2. The summed E-state index contributed by atoms with van der Waals surface area (Å²) in [6, 6.07) is 8.46. The minimum absolute atomic E-state index is 0.0610. The molecule has 0 spiro atoms. The standard InChI is InChI=1S/C15H22O/c1-4-6-12(3)15(11-16)14-9-7-13(5-2)8-10-14/h7-12,15H,4-6H2,1-3H3. The largest absolute Gasteiger partial charge is 0.303 e. The van der Waals surface area contributed by atoms with E-state index in [9.17, 15) is 4.79 Å². The normalized spacial score (nSPS) is 14.4. The first-order chi connectivity index (χ1) is 7.72. The molecule has 0 aliphatic rings. The molecule has 2 atom stereocenters. The van der Waals surface area contributed by atoms with Crippen LogP contribution in [-0.4, -0.2) is 6.29 Å². The molecule has 0 N–H and O–H groups in total. The van der Waals surface area contributed by atoms with E-state index in [-0.39, 0.29) is 5.92 Å². The van der Waals surface area contributed by atoms with Crippen LogP contribution in [-0.2, 0) is 11.2 Å². The molecule has 1 aromatic rings. The van der Waals surface area contributed by atoms with Crippen LogP contribution in [0.25, 0.3) is 0 Å². The molecule has 0 bridgehead atoms. The van der Waals surface area contributed by atoms with Crippen molar-refractivity contribution in [1.82, 2.24) is 0 Å². The average molecular weight is 218 g/mol. The van der Waals surface area contributed by atoms with E-state index in [4.69, 9.17) is 0 Å². The molecule has 1 rings (SSSR count). The molecule has 2 unspecified atom stereocenters. The molecular weight excluding hydrogens is 196 g/mol. The van der Waals surface area contributed by atoms with E-state index in [2.05, 4.69) is 45.0 Å². The predicted molar refractivity (Wildman–Crippen MR) is 68.7 cm³/mol. The number of aldehydes is 1. The van der Waals surface area contributed by atoms with Crippen molar-refractivity contribution in [2.24, 2.45) is 5.92 Å². The quantitative estimate of drug-likeness (QED) is 0.660. The highest BCUT2D eigenvalue weighted by atomic mass is 16.1. The topological polar surface area (TPSA) is 17.1 Å². The van der Waals surface area contributed by atoms with Gasteiger partial charge in [0.15, 0.2) is 0 Å². The van der Waals surface area contributed by atoms with Crippen LogP contribution < -0.4 is 0 Å². The van der Waals surface area contributed by atoms with Crippen molar-refractivity contribution >= 4 is 6.29 Å². The van der Waals surface area contributed by atoms with Gasteiger partial charge in [-0.3, -0.25) is 0 Å². The summed E-state index contributed by atoms with van der Waals surface area (Å²) >= 11 is 0. The average Bonchev–Trinajstić information content (AvgIpc) is 2.31. The summed E-state index contributed by atoms with van der Waals surface area (Å²) in [5.41, 5.74) is 2.49. The Morgan fingerprint density at radius 3 is 2.25 bits per heavy atom. The highest BCUT2D eigenvalue weighted by molar-refractivity contribution is 5.62. The number of carbonyl (C=O) groups excluding carboxylic acids is 1. The second-order valence-electron chi connectivity index (χ2n) is 4.52. The van der Waals surface area contributed by atoms with Gasteiger partial charge >= 0.3 is 0 Å². The first-order valence-corrected chi connectivity index (χ1v) is 6.27. The van der Waals surface area contributed by atoms with Crippen LogP contribution in [0.3, 0.4) is 0 Å². The Bertz CT molecular complexity index is 313. The Labute approximate surface area is 98.9 Å².